The highest BCUT2D eigenvalue weighted by atomic mass is 16.5. The van der Waals surface area contributed by atoms with Gasteiger partial charge in [-0.15, -0.1) is 0 Å². The van der Waals surface area contributed by atoms with Gasteiger partial charge in [-0.25, -0.2) is 0 Å². The van der Waals surface area contributed by atoms with Crippen molar-refractivity contribution in [3.63, 3.8) is 0 Å². The summed E-state index contributed by atoms with van der Waals surface area (Å²) in [5.41, 5.74) is 0. The summed E-state index contributed by atoms with van der Waals surface area (Å²) in [4.78, 5) is 24.6. The zero-order valence-electron chi connectivity index (χ0n) is 60.0. The number of carbonyl (C=O) groups excluding carboxylic acids is 2. The first-order chi connectivity index (χ1) is 43.5. The zero-order chi connectivity index (χ0) is 63.5. The third kappa shape index (κ3) is 73.4. The second-order valence-electron chi connectivity index (χ2n) is 28.1. The maximum absolute atomic E-state index is 12.6. The Balaban J connectivity index is 3.33. The largest absolute Gasteiger partial charge is 0.466 e. The van der Waals surface area contributed by atoms with E-state index in [0.29, 0.717) is 19.4 Å². The van der Waals surface area contributed by atoms with E-state index in [1.165, 1.54) is 392 Å². The summed E-state index contributed by atoms with van der Waals surface area (Å²) in [7, 11) is 0. The second-order valence-corrected chi connectivity index (χ2v) is 28.1. The van der Waals surface area contributed by atoms with Crippen LogP contribution in [0.2, 0.25) is 0 Å². The lowest BCUT2D eigenvalue weighted by Crippen LogP contribution is -2.45. The van der Waals surface area contributed by atoms with Gasteiger partial charge in [0.25, 0.3) is 0 Å². The Bertz CT molecular complexity index is 1380. The number of amides is 1. The number of allylic oxidation sites excluding steroid dienone is 3. The van der Waals surface area contributed by atoms with E-state index in [9.17, 15) is 19.8 Å². The van der Waals surface area contributed by atoms with Gasteiger partial charge in [0.05, 0.1) is 25.4 Å². The molecule has 0 aliphatic heterocycles. The molecule has 0 aliphatic rings. The molecule has 0 bridgehead atoms. The van der Waals surface area contributed by atoms with Gasteiger partial charge in [-0.05, 0) is 57.8 Å². The van der Waals surface area contributed by atoms with E-state index >= 15 is 0 Å². The van der Waals surface area contributed by atoms with E-state index in [1.54, 1.807) is 6.08 Å². The van der Waals surface area contributed by atoms with Crippen molar-refractivity contribution in [3.05, 3.63) is 24.3 Å². The van der Waals surface area contributed by atoms with Gasteiger partial charge in [0, 0.05) is 12.8 Å². The molecule has 0 fully saturated rings. The van der Waals surface area contributed by atoms with Crippen LogP contribution in [0, 0.1) is 0 Å². The number of aliphatic hydroxyl groups is 2. The maximum Gasteiger partial charge on any atom is 0.305 e. The number of carbonyl (C=O) groups is 2. The van der Waals surface area contributed by atoms with Crippen LogP contribution in [0.1, 0.15) is 463 Å². The van der Waals surface area contributed by atoms with E-state index in [2.05, 4.69) is 31.3 Å². The molecule has 88 heavy (non-hydrogen) atoms. The Morgan fingerprint density at radius 3 is 0.807 bits per heavy atom. The Kier molecular flexibility index (Phi) is 76.3. The van der Waals surface area contributed by atoms with Gasteiger partial charge in [-0.3, -0.25) is 9.59 Å². The molecule has 0 saturated carbocycles. The number of hydrogen-bond acceptors (Lipinski definition) is 5. The SMILES string of the molecule is CCCCCCC/C=C\CCCCCCCC(=O)OCCCCCCCCCCCCCCCCCCCCCCCCCCCCCCCCCCCCCC(=O)NC(CO)C(O)/C=C/CCCCCCCCCCCCCCCCCCCCCC. The molecule has 0 aromatic heterocycles. The number of hydrogen-bond donors (Lipinski definition) is 3. The molecular weight excluding hydrogens is 1080 g/mol. The van der Waals surface area contributed by atoms with E-state index < -0.39 is 12.1 Å². The highest BCUT2D eigenvalue weighted by Gasteiger charge is 2.18. The summed E-state index contributed by atoms with van der Waals surface area (Å²) in [5, 5.41) is 23.3. The Morgan fingerprint density at radius 2 is 0.534 bits per heavy atom. The summed E-state index contributed by atoms with van der Waals surface area (Å²) < 4.78 is 5.50. The summed E-state index contributed by atoms with van der Waals surface area (Å²) >= 11 is 0. The van der Waals surface area contributed by atoms with Crippen molar-refractivity contribution in [2.24, 2.45) is 0 Å². The normalized spacial score (nSPS) is 12.5. The summed E-state index contributed by atoms with van der Waals surface area (Å²) in [5.74, 6) is -0.0428. The van der Waals surface area contributed by atoms with E-state index in [1.807, 2.05) is 6.08 Å². The van der Waals surface area contributed by atoms with Crippen LogP contribution in [0.25, 0.3) is 0 Å². The van der Waals surface area contributed by atoms with Gasteiger partial charge in [-0.1, -0.05) is 417 Å². The van der Waals surface area contributed by atoms with Crippen molar-refractivity contribution in [2.45, 2.75) is 475 Å². The number of nitrogens with one attached hydrogen (secondary N) is 1. The van der Waals surface area contributed by atoms with Crippen LogP contribution in [0.4, 0.5) is 0 Å². The van der Waals surface area contributed by atoms with Crippen LogP contribution >= 0.6 is 0 Å². The van der Waals surface area contributed by atoms with Gasteiger partial charge >= 0.3 is 5.97 Å². The molecule has 2 unspecified atom stereocenters. The Morgan fingerprint density at radius 1 is 0.307 bits per heavy atom. The van der Waals surface area contributed by atoms with Crippen molar-refractivity contribution in [1.82, 2.24) is 5.32 Å². The molecule has 2 atom stereocenters. The molecule has 0 rings (SSSR count). The first-order valence-corrected chi connectivity index (χ1v) is 40.6. The molecule has 0 aromatic rings. The van der Waals surface area contributed by atoms with Gasteiger partial charge in [0.2, 0.25) is 5.91 Å². The second kappa shape index (κ2) is 77.8. The van der Waals surface area contributed by atoms with E-state index in [4.69, 9.17) is 4.74 Å². The number of esters is 1. The third-order valence-corrected chi connectivity index (χ3v) is 19.2. The molecule has 6 heteroatoms. The van der Waals surface area contributed by atoms with Gasteiger partial charge in [0.1, 0.15) is 0 Å². The van der Waals surface area contributed by atoms with Crippen molar-refractivity contribution in [1.29, 1.82) is 0 Å². The van der Waals surface area contributed by atoms with Crippen LogP contribution in [0.15, 0.2) is 24.3 Å². The zero-order valence-corrected chi connectivity index (χ0v) is 60.0. The van der Waals surface area contributed by atoms with Crippen molar-refractivity contribution in [2.75, 3.05) is 13.2 Å². The average Bonchev–Trinajstić information content (AvgIpc) is 3.58. The average molecular weight is 1240 g/mol. The molecule has 522 valence electrons. The van der Waals surface area contributed by atoms with E-state index in [-0.39, 0.29) is 18.5 Å². The third-order valence-electron chi connectivity index (χ3n) is 19.2. The van der Waals surface area contributed by atoms with Crippen LogP contribution in [0.3, 0.4) is 0 Å². The minimum atomic E-state index is -0.842. The van der Waals surface area contributed by atoms with Crippen molar-refractivity contribution < 1.29 is 24.5 Å². The van der Waals surface area contributed by atoms with Gasteiger partial charge in [0.15, 0.2) is 0 Å². The molecule has 6 nitrogen and oxygen atoms in total. The topological polar surface area (TPSA) is 95.9 Å². The summed E-state index contributed by atoms with van der Waals surface area (Å²) in [6, 6.07) is -0.625. The summed E-state index contributed by atoms with van der Waals surface area (Å²) in [6.45, 7) is 4.95. The lowest BCUT2D eigenvalue weighted by Gasteiger charge is -2.20. The Labute approximate surface area is 551 Å². The number of ether oxygens (including phenoxy) is 1. The van der Waals surface area contributed by atoms with E-state index in [0.717, 1.165) is 44.9 Å². The molecule has 3 N–H and O–H groups in total. The first kappa shape index (κ1) is 86.3. The fraction of sp³-hybridized carbons (Fsp3) is 0.927. The van der Waals surface area contributed by atoms with Crippen LogP contribution in [-0.4, -0.2) is 47.4 Å². The quantitative estimate of drug-likeness (QED) is 0.0320. The van der Waals surface area contributed by atoms with Crippen LogP contribution in [-0.2, 0) is 14.3 Å². The molecule has 0 heterocycles. The number of unbranched alkanes of at least 4 members (excludes halogenated alkanes) is 64. The first-order valence-electron chi connectivity index (χ1n) is 40.6. The van der Waals surface area contributed by atoms with Gasteiger partial charge in [-0.2, -0.15) is 0 Å². The lowest BCUT2D eigenvalue weighted by molar-refractivity contribution is -0.143. The molecule has 0 radical (unpaired) electrons. The highest BCUT2D eigenvalue weighted by molar-refractivity contribution is 5.76. The number of rotatable bonds is 77. The molecular formula is C82H159NO5. The van der Waals surface area contributed by atoms with Crippen LogP contribution < -0.4 is 5.32 Å². The minimum absolute atomic E-state index is 0.0147. The maximum atomic E-state index is 12.6. The minimum Gasteiger partial charge on any atom is -0.466 e. The molecule has 0 aromatic carbocycles. The highest BCUT2D eigenvalue weighted by Crippen LogP contribution is 2.20. The van der Waals surface area contributed by atoms with Crippen molar-refractivity contribution >= 4 is 11.9 Å². The lowest BCUT2D eigenvalue weighted by atomic mass is 10.0. The van der Waals surface area contributed by atoms with Gasteiger partial charge < -0.3 is 20.3 Å². The standard InChI is InChI=1S/C82H159NO5/c1-3-5-7-9-11-13-15-17-19-20-21-22-38-41-44-47-50-54-58-62-66-70-74-80(85)79(78-84)83-81(86)75-71-67-63-59-55-51-48-45-42-39-36-34-32-30-28-26-24-23-25-27-29-31-33-35-37-40-43-46-49-53-57-61-65-69-73-77-88-82(87)76-72-68-64-60-56-52-18-16-14-12-10-8-6-4-2/h16,18,70,74,79-80,84-85H,3-15,17,19-69,71-73,75-78H2,1-2H3,(H,83,86)/b18-16-,74-70+. The van der Waals surface area contributed by atoms with Crippen LogP contribution in [0.5, 0.6) is 0 Å². The smallest absolute Gasteiger partial charge is 0.305 e. The number of aliphatic hydroxyl groups excluding tert-OH is 2. The molecule has 1 amide bonds. The van der Waals surface area contributed by atoms with Crippen molar-refractivity contribution in [3.8, 4) is 0 Å². The predicted molar refractivity (Wildman–Crippen MR) is 389 cm³/mol. The monoisotopic (exact) mass is 1240 g/mol. The Hall–Kier alpha value is -1.66. The molecule has 0 aliphatic carbocycles. The molecule has 0 spiro atoms. The fourth-order valence-electron chi connectivity index (χ4n) is 13.0. The summed E-state index contributed by atoms with van der Waals surface area (Å²) in [6.07, 6.45) is 100. The molecule has 0 saturated heterocycles. The fourth-order valence-corrected chi connectivity index (χ4v) is 13.0. The predicted octanol–water partition coefficient (Wildman–Crippen LogP) is 26.8.